The molecular weight excluding hydrogens is 433 g/mol. The maximum atomic E-state index is 12.5. The van der Waals surface area contributed by atoms with E-state index in [0.29, 0.717) is 33.9 Å². The number of nitrogens with two attached hydrogens (primary N) is 1. The van der Waals surface area contributed by atoms with Gasteiger partial charge in [-0.2, -0.15) is 5.10 Å². The Kier molecular flexibility index (Phi) is 5.37. The molecular formula is C23H21F3N6O. The number of aromatic nitrogens is 4. The van der Waals surface area contributed by atoms with Gasteiger partial charge in [-0.3, -0.25) is 9.67 Å². The molecule has 33 heavy (non-hydrogen) atoms. The minimum Gasteiger partial charge on any atom is -0.406 e. The molecule has 0 atom stereocenters. The van der Waals surface area contributed by atoms with Crippen LogP contribution in [0.1, 0.15) is 18.9 Å². The van der Waals surface area contributed by atoms with Crippen molar-refractivity contribution in [1.82, 2.24) is 25.1 Å². The van der Waals surface area contributed by atoms with Crippen molar-refractivity contribution in [1.29, 1.82) is 0 Å². The zero-order valence-corrected chi connectivity index (χ0v) is 17.5. The van der Waals surface area contributed by atoms with Crippen LogP contribution in [0.5, 0.6) is 5.75 Å². The Morgan fingerprint density at radius 1 is 0.970 bits per heavy atom. The molecule has 1 saturated heterocycles. The maximum Gasteiger partial charge on any atom is 0.573 e. The molecule has 1 aliphatic heterocycles. The quantitative estimate of drug-likeness (QED) is 0.470. The topological polar surface area (TPSA) is 90.9 Å². The minimum atomic E-state index is -4.75. The maximum absolute atomic E-state index is 12.5. The normalized spacial score (nSPS) is 15.1. The van der Waals surface area contributed by atoms with Gasteiger partial charge in [0.25, 0.3) is 0 Å². The summed E-state index contributed by atoms with van der Waals surface area (Å²) >= 11 is 0. The zero-order valence-electron chi connectivity index (χ0n) is 17.5. The van der Waals surface area contributed by atoms with Crippen molar-refractivity contribution in [2.24, 2.45) is 0 Å². The predicted molar refractivity (Wildman–Crippen MR) is 118 cm³/mol. The third kappa shape index (κ3) is 4.61. The molecule has 0 bridgehead atoms. The first-order valence-corrected chi connectivity index (χ1v) is 10.5. The highest BCUT2D eigenvalue weighted by Crippen LogP contribution is 2.32. The van der Waals surface area contributed by atoms with Crippen molar-refractivity contribution in [2.75, 3.05) is 18.8 Å². The van der Waals surface area contributed by atoms with Gasteiger partial charge in [0, 0.05) is 40.7 Å². The van der Waals surface area contributed by atoms with E-state index in [4.69, 9.17) is 5.73 Å². The lowest BCUT2D eigenvalue weighted by Gasteiger charge is -2.22. The molecule has 170 valence electrons. The number of halogens is 3. The second-order valence-corrected chi connectivity index (χ2v) is 7.97. The van der Waals surface area contributed by atoms with E-state index in [0.717, 1.165) is 37.1 Å². The molecule has 1 aromatic carbocycles. The molecule has 1 aliphatic rings. The average molecular weight is 454 g/mol. The van der Waals surface area contributed by atoms with E-state index < -0.39 is 6.36 Å². The van der Waals surface area contributed by atoms with Crippen LogP contribution in [0.4, 0.5) is 19.0 Å². The van der Waals surface area contributed by atoms with Gasteiger partial charge in [-0.25, -0.2) is 4.98 Å². The number of hydrogen-bond donors (Lipinski definition) is 2. The van der Waals surface area contributed by atoms with Crippen LogP contribution in [0.3, 0.4) is 0 Å². The number of fused-ring (bicyclic) bond motifs is 1. The van der Waals surface area contributed by atoms with Gasteiger partial charge in [-0.15, -0.1) is 13.2 Å². The number of rotatable bonds is 4. The van der Waals surface area contributed by atoms with Gasteiger partial charge in [-0.1, -0.05) is 6.07 Å². The summed E-state index contributed by atoms with van der Waals surface area (Å²) in [7, 11) is 0. The van der Waals surface area contributed by atoms with Crippen LogP contribution in [-0.2, 0) is 0 Å². The van der Waals surface area contributed by atoms with Crippen LogP contribution in [0.15, 0.2) is 55.1 Å². The number of ether oxygens (including phenoxy) is 1. The summed E-state index contributed by atoms with van der Waals surface area (Å²) in [6.45, 7) is 1.95. The lowest BCUT2D eigenvalue weighted by Crippen LogP contribution is -2.29. The molecule has 5 rings (SSSR count). The van der Waals surface area contributed by atoms with Crippen LogP contribution < -0.4 is 15.8 Å². The molecule has 0 unspecified atom stereocenters. The SMILES string of the molecule is Nc1ncc(-c2cnn(C3CCNCC3)c2)cc1-c1cc2ccc(OC(F)(F)F)cc2cn1. The molecule has 3 aromatic heterocycles. The summed E-state index contributed by atoms with van der Waals surface area (Å²) < 4.78 is 43.5. The monoisotopic (exact) mass is 454 g/mol. The summed E-state index contributed by atoms with van der Waals surface area (Å²) in [6.07, 6.45) is 4.34. The van der Waals surface area contributed by atoms with E-state index in [9.17, 15) is 13.2 Å². The van der Waals surface area contributed by atoms with Crippen molar-refractivity contribution in [3.05, 3.63) is 55.1 Å². The highest BCUT2D eigenvalue weighted by Gasteiger charge is 2.31. The van der Waals surface area contributed by atoms with E-state index in [2.05, 4.69) is 25.1 Å². The Morgan fingerprint density at radius 2 is 1.79 bits per heavy atom. The lowest BCUT2D eigenvalue weighted by molar-refractivity contribution is -0.274. The van der Waals surface area contributed by atoms with Crippen molar-refractivity contribution in [3.8, 4) is 28.1 Å². The zero-order chi connectivity index (χ0) is 23.0. The number of nitrogens with zero attached hydrogens (tertiary/aromatic N) is 4. The second-order valence-electron chi connectivity index (χ2n) is 7.97. The molecule has 0 saturated carbocycles. The van der Waals surface area contributed by atoms with Gasteiger partial charge in [0.1, 0.15) is 11.6 Å². The van der Waals surface area contributed by atoms with Crippen molar-refractivity contribution in [3.63, 3.8) is 0 Å². The molecule has 3 N–H and O–H groups in total. The highest BCUT2D eigenvalue weighted by molar-refractivity contribution is 5.88. The number of nitrogen functional groups attached to an aromatic ring is 1. The number of nitrogens with one attached hydrogen (secondary N) is 1. The van der Waals surface area contributed by atoms with Crippen LogP contribution in [0.2, 0.25) is 0 Å². The third-order valence-corrected chi connectivity index (χ3v) is 5.74. The Bertz CT molecular complexity index is 1300. The first-order valence-electron chi connectivity index (χ1n) is 10.5. The second kappa shape index (κ2) is 8.36. The molecule has 4 heterocycles. The van der Waals surface area contributed by atoms with Gasteiger partial charge in [0.05, 0.1) is 17.9 Å². The first kappa shape index (κ1) is 21.2. The Balaban J connectivity index is 1.45. The fraction of sp³-hybridized carbons (Fsp3) is 0.261. The van der Waals surface area contributed by atoms with Crippen LogP contribution in [0.25, 0.3) is 33.2 Å². The van der Waals surface area contributed by atoms with E-state index >= 15 is 0 Å². The van der Waals surface area contributed by atoms with Crippen LogP contribution in [-0.4, -0.2) is 39.2 Å². The predicted octanol–water partition coefficient (Wildman–Crippen LogP) is 4.57. The van der Waals surface area contributed by atoms with Crippen molar-refractivity contribution in [2.45, 2.75) is 25.2 Å². The van der Waals surface area contributed by atoms with E-state index in [1.807, 2.05) is 23.1 Å². The molecule has 10 heteroatoms. The fourth-order valence-electron chi connectivity index (χ4n) is 4.06. The lowest BCUT2D eigenvalue weighted by atomic mass is 10.0. The first-order chi connectivity index (χ1) is 15.9. The smallest absolute Gasteiger partial charge is 0.406 e. The summed E-state index contributed by atoms with van der Waals surface area (Å²) in [5.41, 5.74) is 9.13. The third-order valence-electron chi connectivity index (χ3n) is 5.74. The Morgan fingerprint density at radius 3 is 2.58 bits per heavy atom. The summed E-state index contributed by atoms with van der Waals surface area (Å²) in [5, 5.41) is 9.12. The standard InChI is InChI=1S/C23H21F3N6O/c24-23(25,26)33-19-2-1-14-9-21(29-10-15(14)7-19)20-8-16(11-30-22(20)27)17-12-31-32(13-17)18-3-5-28-6-4-18/h1-2,7-13,18,28H,3-6H2,(H2,27,30). The fourth-order valence-corrected chi connectivity index (χ4v) is 4.06. The van der Waals surface area contributed by atoms with Gasteiger partial charge < -0.3 is 15.8 Å². The Labute approximate surface area is 187 Å². The van der Waals surface area contributed by atoms with Gasteiger partial charge in [0.15, 0.2) is 0 Å². The van der Waals surface area contributed by atoms with Gasteiger partial charge >= 0.3 is 6.36 Å². The van der Waals surface area contributed by atoms with Crippen molar-refractivity contribution < 1.29 is 17.9 Å². The van der Waals surface area contributed by atoms with E-state index in [1.54, 1.807) is 18.3 Å². The number of piperidine rings is 1. The largest absolute Gasteiger partial charge is 0.573 e. The van der Waals surface area contributed by atoms with Crippen LogP contribution in [0, 0.1) is 0 Å². The highest BCUT2D eigenvalue weighted by atomic mass is 19.4. The summed E-state index contributed by atoms with van der Waals surface area (Å²) in [6, 6.07) is 8.16. The number of pyridine rings is 2. The molecule has 0 amide bonds. The van der Waals surface area contributed by atoms with E-state index in [-0.39, 0.29) is 5.75 Å². The number of anilines is 1. The molecule has 0 radical (unpaired) electrons. The molecule has 0 aliphatic carbocycles. The molecule has 1 fully saturated rings. The Hall–Kier alpha value is -3.66. The number of hydrogen-bond acceptors (Lipinski definition) is 6. The van der Waals surface area contributed by atoms with Gasteiger partial charge in [0.2, 0.25) is 0 Å². The van der Waals surface area contributed by atoms with Crippen molar-refractivity contribution >= 4 is 16.6 Å². The number of benzene rings is 1. The minimum absolute atomic E-state index is 0.293. The van der Waals surface area contributed by atoms with Crippen LogP contribution >= 0.6 is 0 Å². The average Bonchev–Trinajstić information content (AvgIpc) is 3.29. The van der Waals surface area contributed by atoms with Gasteiger partial charge in [-0.05, 0) is 55.6 Å². The molecule has 0 spiro atoms. The summed E-state index contributed by atoms with van der Waals surface area (Å²) in [4.78, 5) is 8.74. The molecule has 7 nitrogen and oxygen atoms in total. The van der Waals surface area contributed by atoms with E-state index in [1.165, 1.54) is 18.3 Å². The summed E-state index contributed by atoms with van der Waals surface area (Å²) in [5.74, 6) is 0.0202. The molecule has 4 aromatic rings. The number of alkyl halides is 3.